The fourth-order valence-electron chi connectivity index (χ4n) is 3.26. The Morgan fingerprint density at radius 3 is 1.89 bits per heavy atom. The lowest BCUT2D eigenvalue weighted by molar-refractivity contribution is 0.0144. The fraction of sp³-hybridized carbons (Fsp3) is 1.00. The van der Waals surface area contributed by atoms with Crippen molar-refractivity contribution in [2.45, 2.75) is 84.2 Å². The van der Waals surface area contributed by atoms with Gasteiger partial charge in [-0.25, -0.2) is 0 Å². The number of likely N-dealkylation sites (N-methyl/N-ethyl adjacent to an activating group) is 1. The highest BCUT2D eigenvalue weighted by atomic mass is 15.2. The summed E-state index contributed by atoms with van der Waals surface area (Å²) in [6.07, 6.45) is 9.44. The first-order chi connectivity index (χ1) is 8.33. The zero-order valence-corrected chi connectivity index (χ0v) is 13.3. The molecule has 0 aliphatic heterocycles. The normalized spacial score (nSPS) is 23.5. The van der Waals surface area contributed by atoms with Gasteiger partial charge in [0.05, 0.1) is 0 Å². The molecular formula is C16H34N2. The molecular weight excluding hydrogens is 220 g/mol. The summed E-state index contributed by atoms with van der Waals surface area (Å²) in [5.74, 6) is 0. The summed E-state index contributed by atoms with van der Waals surface area (Å²) in [4.78, 5) is 2.60. The van der Waals surface area contributed by atoms with Crippen LogP contribution in [0.25, 0.3) is 0 Å². The number of rotatable bonds is 3. The molecule has 0 saturated heterocycles. The van der Waals surface area contributed by atoms with Crippen LogP contribution in [0.15, 0.2) is 0 Å². The van der Waals surface area contributed by atoms with Crippen molar-refractivity contribution < 1.29 is 0 Å². The third kappa shape index (κ3) is 3.71. The quantitative estimate of drug-likeness (QED) is 0.830. The first-order valence-corrected chi connectivity index (χ1v) is 7.76. The average Bonchev–Trinajstić information content (AvgIpc) is 2.27. The molecule has 1 rings (SSSR count). The molecule has 1 aliphatic rings. The second-order valence-corrected chi connectivity index (χ2v) is 7.35. The van der Waals surface area contributed by atoms with E-state index in [1.54, 1.807) is 0 Å². The lowest BCUT2D eigenvalue weighted by Crippen LogP contribution is -2.58. The van der Waals surface area contributed by atoms with Crippen LogP contribution in [0, 0.1) is 5.41 Å². The van der Waals surface area contributed by atoms with E-state index in [1.807, 2.05) is 0 Å². The van der Waals surface area contributed by atoms with E-state index in [-0.39, 0.29) is 5.54 Å². The van der Waals surface area contributed by atoms with Crippen molar-refractivity contribution in [3.05, 3.63) is 0 Å². The summed E-state index contributed by atoms with van der Waals surface area (Å²) >= 11 is 0. The SMILES string of the molecule is CC(N(C)C1(CN)CCCCCCC1)C(C)(C)C. The van der Waals surface area contributed by atoms with Crippen LogP contribution in [-0.2, 0) is 0 Å². The lowest BCUT2D eigenvalue weighted by atomic mass is 9.78. The van der Waals surface area contributed by atoms with Crippen molar-refractivity contribution in [2.75, 3.05) is 13.6 Å². The van der Waals surface area contributed by atoms with Gasteiger partial charge in [0.15, 0.2) is 0 Å². The highest BCUT2D eigenvalue weighted by Crippen LogP contribution is 2.35. The molecule has 0 bridgehead atoms. The molecule has 1 unspecified atom stereocenters. The van der Waals surface area contributed by atoms with Gasteiger partial charge in [-0.15, -0.1) is 0 Å². The smallest absolute Gasteiger partial charge is 0.0331 e. The number of hydrogen-bond donors (Lipinski definition) is 1. The molecule has 1 aliphatic carbocycles. The molecule has 0 heterocycles. The molecule has 1 saturated carbocycles. The number of hydrogen-bond acceptors (Lipinski definition) is 2. The van der Waals surface area contributed by atoms with Gasteiger partial charge in [0.1, 0.15) is 0 Å². The third-order valence-electron chi connectivity index (χ3n) is 5.25. The minimum Gasteiger partial charge on any atom is -0.329 e. The van der Waals surface area contributed by atoms with Crippen LogP contribution in [0.4, 0.5) is 0 Å². The summed E-state index contributed by atoms with van der Waals surface area (Å²) in [6, 6.07) is 0.570. The zero-order chi connectivity index (χ0) is 13.8. The van der Waals surface area contributed by atoms with Gasteiger partial charge in [-0.2, -0.15) is 0 Å². The summed E-state index contributed by atoms with van der Waals surface area (Å²) in [5, 5.41) is 0. The average molecular weight is 254 g/mol. The molecule has 108 valence electrons. The van der Waals surface area contributed by atoms with E-state index in [1.165, 1.54) is 44.9 Å². The predicted molar refractivity (Wildman–Crippen MR) is 80.8 cm³/mol. The lowest BCUT2D eigenvalue weighted by Gasteiger charge is -2.49. The summed E-state index contributed by atoms with van der Waals surface area (Å²) < 4.78 is 0. The van der Waals surface area contributed by atoms with Crippen LogP contribution < -0.4 is 5.73 Å². The highest BCUT2D eigenvalue weighted by molar-refractivity contribution is 4.95. The van der Waals surface area contributed by atoms with Gasteiger partial charge in [0.25, 0.3) is 0 Å². The van der Waals surface area contributed by atoms with Gasteiger partial charge in [-0.05, 0) is 32.2 Å². The Bertz CT molecular complexity index is 234. The number of nitrogens with zero attached hydrogens (tertiary/aromatic N) is 1. The minimum absolute atomic E-state index is 0.243. The summed E-state index contributed by atoms with van der Waals surface area (Å²) in [7, 11) is 2.30. The van der Waals surface area contributed by atoms with Gasteiger partial charge in [-0.3, -0.25) is 4.90 Å². The van der Waals surface area contributed by atoms with Gasteiger partial charge < -0.3 is 5.73 Å². The van der Waals surface area contributed by atoms with Crippen molar-refractivity contribution in [2.24, 2.45) is 11.1 Å². The monoisotopic (exact) mass is 254 g/mol. The van der Waals surface area contributed by atoms with E-state index in [9.17, 15) is 0 Å². The second kappa shape index (κ2) is 6.38. The van der Waals surface area contributed by atoms with E-state index in [4.69, 9.17) is 5.73 Å². The van der Waals surface area contributed by atoms with Crippen molar-refractivity contribution in [1.82, 2.24) is 4.90 Å². The Morgan fingerprint density at radius 2 is 1.50 bits per heavy atom. The maximum absolute atomic E-state index is 6.20. The Morgan fingerprint density at radius 1 is 1.06 bits per heavy atom. The first-order valence-electron chi connectivity index (χ1n) is 7.76. The Labute approximate surface area is 114 Å². The van der Waals surface area contributed by atoms with Crippen molar-refractivity contribution in [3.63, 3.8) is 0 Å². The van der Waals surface area contributed by atoms with Crippen molar-refractivity contribution in [3.8, 4) is 0 Å². The predicted octanol–water partition coefficient (Wildman–Crippen LogP) is 3.79. The summed E-state index contributed by atoms with van der Waals surface area (Å²) in [6.45, 7) is 10.2. The third-order valence-corrected chi connectivity index (χ3v) is 5.25. The Balaban J connectivity index is 2.83. The van der Waals surface area contributed by atoms with Crippen LogP contribution in [0.3, 0.4) is 0 Å². The molecule has 1 atom stereocenters. The molecule has 18 heavy (non-hydrogen) atoms. The minimum atomic E-state index is 0.243. The van der Waals surface area contributed by atoms with Crippen LogP contribution in [0.2, 0.25) is 0 Å². The van der Waals surface area contributed by atoms with E-state index in [0.29, 0.717) is 11.5 Å². The van der Waals surface area contributed by atoms with Crippen LogP contribution in [-0.4, -0.2) is 30.1 Å². The van der Waals surface area contributed by atoms with Crippen molar-refractivity contribution in [1.29, 1.82) is 0 Å². The van der Waals surface area contributed by atoms with Gasteiger partial charge in [0.2, 0.25) is 0 Å². The molecule has 0 radical (unpaired) electrons. The fourth-order valence-corrected chi connectivity index (χ4v) is 3.26. The Kier molecular flexibility index (Phi) is 5.67. The topological polar surface area (TPSA) is 29.3 Å². The molecule has 0 spiro atoms. The molecule has 0 amide bonds. The second-order valence-electron chi connectivity index (χ2n) is 7.35. The molecule has 2 heteroatoms. The molecule has 1 fully saturated rings. The van der Waals surface area contributed by atoms with Gasteiger partial charge >= 0.3 is 0 Å². The Hall–Kier alpha value is -0.0800. The molecule has 0 aromatic rings. The largest absolute Gasteiger partial charge is 0.329 e. The standard InChI is InChI=1S/C16H34N2/c1-14(15(2,3)4)18(5)16(13-17)11-9-7-6-8-10-12-16/h14H,6-13,17H2,1-5H3. The van der Waals surface area contributed by atoms with Crippen LogP contribution in [0.1, 0.15) is 72.6 Å². The zero-order valence-electron chi connectivity index (χ0n) is 13.3. The molecule has 2 N–H and O–H groups in total. The van der Waals surface area contributed by atoms with E-state index in [0.717, 1.165) is 6.54 Å². The molecule has 0 aromatic carbocycles. The van der Waals surface area contributed by atoms with Crippen LogP contribution >= 0.6 is 0 Å². The van der Waals surface area contributed by atoms with Gasteiger partial charge in [0, 0.05) is 18.1 Å². The van der Waals surface area contributed by atoms with E-state index in [2.05, 4.69) is 39.6 Å². The van der Waals surface area contributed by atoms with Crippen LogP contribution in [0.5, 0.6) is 0 Å². The first kappa shape index (κ1) is 16.0. The molecule has 0 aromatic heterocycles. The van der Waals surface area contributed by atoms with E-state index >= 15 is 0 Å². The highest BCUT2D eigenvalue weighted by Gasteiger charge is 2.38. The maximum atomic E-state index is 6.20. The number of nitrogens with two attached hydrogens (primary N) is 1. The maximum Gasteiger partial charge on any atom is 0.0331 e. The van der Waals surface area contributed by atoms with Gasteiger partial charge in [-0.1, -0.05) is 52.9 Å². The van der Waals surface area contributed by atoms with E-state index < -0.39 is 0 Å². The van der Waals surface area contributed by atoms with Crippen molar-refractivity contribution >= 4 is 0 Å². The molecule has 2 nitrogen and oxygen atoms in total. The summed E-state index contributed by atoms with van der Waals surface area (Å²) in [5.41, 5.74) is 6.76.